The Labute approximate surface area is 125 Å². The second kappa shape index (κ2) is 5.90. The van der Waals surface area contributed by atoms with Gasteiger partial charge in [-0.1, -0.05) is 6.07 Å². The molecule has 112 valence electrons. The lowest BCUT2D eigenvalue weighted by Gasteiger charge is -2.28. The van der Waals surface area contributed by atoms with Crippen LogP contribution in [-0.2, 0) is 11.3 Å². The molecule has 0 bridgehead atoms. The van der Waals surface area contributed by atoms with E-state index in [0.717, 1.165) is 42.7 Å². The number of likely N-dealkylation sites (tertiary alicyclic amines) is 1. The molecule has 1 fully saturated rings. The van der Waals surface area contributed by atoms with Crippen LogP contribution in [0.1, 0.15) is 24.1 Å². The minimum atomic E-state index is 0.180. The number of nitrogens with zero attached hydrogens (tertiary/aromatic N) is 1. The van der Waals surface area contributed by atoms with E-state index >= 15 is 0 Å². The zero-order valence-corrected chi connectivity index (χ0v) is 12.8. The molecule has 1 aromatic heterocycles. The van der Waals surface area contributed by atoms with E-state index in [1.54, 1.807) is 0 Å². The number of aromatic nitrogens is 1. The van der Waals surface area contributed by atoms with Gasteiger partial charge in [0.1, 0.15) is 0 Å². The first-order valence-electron chi connectivity index (χ1n) is 7.66. The highest BCUT2D eigenvalue weighted by molar-refractivity contribution is 5.81. The van der Waals surface area contributed by atoms with Crippen LogP contribution in [0.25, 0.3) is 10.9 Å². The SMILES string of the molecule is Cc1cc2cc(CNC(=O)C3CCN(C)CC3)ccc2[nH]1. The van der Waals surface area contributed by atoms with E-state index in [-0.39, 0.29) is 11.8 Å². The van der Waals surface area contributed by atoms with Crippen LogP contribution < -0.4 is 5.32 Å². The fourth-order valence-electron chi connectivity index (χ4n) is 3.04. The molecule has 0 unspecified atom stereocenters. The van der Waals surface area contributed by atoms with Gasteiger partial charge in [-0.25, -0.2) is 0 Å². The van der Waals surface area contributed by atoms with Crippen LogP contribution in [0.4, 0.5) is 0 Å². The fraction of sp³-hybridized carbons (Fsp3) is 0.471. The molecule has 2 aromatic rings. The largest absolute Gasteiger partial charge is 0.359 e. The van der Waals surface area contributed by atoms with Crippen LogP contribution in [0.2, 0.25) is 0 Å². The van der Waals surface area contributed by atoms with Crippen LogP contribution in [0.15, 0.2) is 24.3 Å². The number of carbonyl (C=O) groups excluding carboxylic acids is 1. The maximum Gasteiger partial charge on any atom is 0.223 e. The Morgan fingerprint density at radius 1 is 1.33 bits per heavy atom. The Balaban J connectivity index is 1.59. The zero-order valence-electron chi connectivity index (χ0n) is 12.8. The number of hydrogen-bond donors (Lipinski definition) is 2. The van der Waals surface area contributed by atoms with Crippen molar-refractivity contribution in [2.75, 3.05) is 20.1 Å². The standard InChI is InChI=1S/C17H23N3O/c1-12-9-15-10-13(3-4-16(15)19-12)11-18-17(21)14-5-7-20(2)8-6-14/h3-4,9-10,14,19H,5-8,11H2,1-2H3,(H,18,21). The molecule has 1 aliphatic rings. The van der Waals surface area contributed by atoms with Crippen LogP contribution in [0, 0.1) is 12.8 Å². The lowest BCUT2D eigenvalue weighted by atomic mass is 9.96. The molecule has 4 heteroatoms. The predicted octanol–water partition coefficient (Wildman–Crippen LogP) is 2.43. The maximum absolute atomic E-state index is 12.2. The first kappa shape index (κ1) is 14.1. The molecule has 1 amide bonds. The molecule has 0 atom stereocenters. The maximum atomic E-state index is 12.2. The molecule has 2 heterocycles. The molecule has 1 saturated heterocycles. The third-order valence-corrected chi connectivity index (χ3v) is 4.38. The van der Waals surface area contributed by atoms with E-state index in [0.29, 0.717) is 6.54 Å². The molecule has 0 saturated carbocycles. The third-order valence-electron chi connectivity index (χ3n) is 4.38. The van der Waals surface area contributed by atoms with Gasteiger partial charge in [-0.05, 0) is 69.1 Å². The Kier molecular flexibility index (Phi) is 3.97. The van der Waals surface area contributed by atoms with E-state index in [9.17, 15) is 4.79 Å². The van der Waals surface area contributed by atoms with Gasteiger partial charge in [-0.15, -0.1) is 0 Å². The van der Waals surface area contributed by atoms with E-state index in [1.165, 1.54) is 5.39 Å². The van der Waals surface area contributed by atoms with Crippen molar-refractivity contribution in [2.45, 2.75) is 26.3 Å². The summed E-state index contributed by atoms with van der Waals surface area (Å²) < 4.78 is 0. The number of aryl methyl sites for hydroxylation is 1. The molecular weight excluding hydrogens is 262 g/mol. The van der Waals surface area contributed by atoms with E-state index in [4.69, 9.17) is 0 Å². The van der Waals surface area contributed by atoms with Crippen LogP contribution in [-0.4, -0.2) is 35.9 Å². The van der Waals surface area contributed by atoms with Gasteiger partial charge < -0.3 is 15.2 Å². The molecular formula is C17H23N3O. The number of piperidine rings is 1. The van der Waals surface area contributed by atoms with Gasteiger partial charge in [0.15, 0.2) is 0 Å². The van der Waals surface area contributed by atoms with E-state index in [2.05, 4.69) is 53.4 Å². The van der Waals surface area contributed by atoms with Crippen molar-refractivity contribution < 1.29 is 4.79 Å². The van der Waals surface area contributed by atoms with Gasteiger partial charge in [-0.3, -0.25) is 4.79 Å². The number of aromatic amines is 1. The monoisotopic (exact) mass is 285 g/mol. The van der Waals surface area contributed by atoms with E-state index < -0.39 is 0 Å². The highest BCUT2D eigenvalue weighted by Crippen LogP contribution is 2.18. The van der Waals surface area contributed by atoms with Gasteiger partial charge in [0.05, 0.1) is 0 Å². The van der Waals surface area contributed by atoms with Gasteiger partial charge in [0.2, 0.25) is 5.91 Å². The number of rotatable bonds is 3. The topological polar surface area (TPSA) is 48.1 Å². The first-order chi connectivity index (χ1) is 10.1. The number of nitrogens with one attached hydrogen (secondary N) is 2. The lowest BCUT2D eigenvalue weighted by molar-refractivity contribution is -0.126. The number of fused-ring (bicyclic) bond motifs is 1. The normalized spacial score (nSPS) is 17.2. The minimum absolute atomic E-state index is 0.180. The first-order valence-corrected chi connectivity index (χ1v) is 7.66. The minimum Gasteiger partial charge on any atom is -0.359 e. The lowest BCUT2D eigenvalue weighted by Crippen LogP contribution is -2.38. The second-order valence-electron chi connectivity index (χ2n) is 6.17. The molecule has 21 heavy (non-hydrogen) atoms. The summed E-state index contributed by atoms with van der Waals surface area (Å²) in [4.78, 5) is 17.8. The molecule has 2 N–H and O–H groups in total. The van der Waals surface area contributed by atoms with Crippen molar-refractivity contribution in [3.8, 4) is 0 Å². The van der Waals surface area contributed by atoms with Crippen molar-refractivity contribution in [3.05, 3.63) is 35.5 Å². The van der Waals surface area contributed by atoms with Crippen molar-refractivity contribution in [2.24, 2.45) is 5.92 Å². The average Bonchev–Trinajstić information content (AvgIpc) is 2.84. The molecule has 0 spiro atoms. The van der Waals surface area contributed by atoms with Crippen molar-refractivity contribution in [1.82, 2.24) is 15.2 Å². The van der Waals surface area contributed by atoms with Crippen LogP contribution in [0.5, 0.6) is 0 Å². The van der Waals surface area contributed by atoms with Crippen molar-refractivity contribution >= 4 is 16.8 Å². The fourth-order valence-corrected chi connectivity index (χ4v) is 3.04. The quantitative estimate of drug-likeness (QED) is 0.910. The van der Waals surface area contributed by atoms with Crippen molar-refractivity contribution in [3.63, 3.8) is 0 Å². The molecule has 3 rings (SSSR count). The second-order valence-corrected chi connectivity index (χ2v) is 6.17. The Hall–Kier alpha value is -1.81. The molecule has 4 nitrogen and oxygen atoms in total. The summed E-state index contributed by atoms with van der Waals surface area (Å²) in [6.45, 7) is 4.71. The zero-order chi connectivity index (χ0) is 14.8. The van der Waals surface area contributed by atoms with Crippen LogP contribution >= 0.6 is 0 Å². The summed E-state index contributed by atoms with van der Waals surface area (Å²) in [7, 11) is 2.11. The summed E-state index contributed by atoms with van der Waals surface area (Å²) in [5, 5.41) is 4.29. The number of benzene rings is 1. The average molecular weight is 285 g/mol. The number of amides is 1. The van der Waals surface area contributed by atoms with Crippen LogP contribution in [0.3, 0.4) is 0 Å². The summed E-state index contributed by atoms with van der Waals surface area (Å²) in [6.07, 6.45) is 1.94. The summed E-state index contributed by atoms with van der Waals surface area (Å²) in [5.74, 6) is 0.382. The number of hydrogen-bond acceptors (Lipinski definition) is 2. The van der Waals surface area contributed by atoms with Gasteiger partial charge in [0.25, 0.3) is 0 Å². The smallest absolute Gasteiger partial charge is 0.223 e. The van der Waals surface area contributed by atoms with Gasteiger partial charge in [0, 0.05) is 23.7 Å². The summed E-state index contributed by atoms with van der Waals surface area (Å²) in [6, 6.07) is 8.44. The molecule has 1 aromatic carbocycles. The predicted molar refractivity (Wildman–Crippen MR) is 85.1 cm³/mol. The highest BCUT2D eigenvalue weighted by Gasteiger charge is 2.22. The highest BCUT2D eigenvalue weighted by atomic mass is 16.1. The number of H-pyrrole nitrogens is 1. The van der Waals surface area contributed by atoms with Crippen molar-refractivity contribution in [1.29, 1.82) is 0 Å². The van der Waals surface area contributed by atoms with E-state index in [1.807, 2.05) is 0 Å². The molecule has 0 aliphatic carbocycles. The van der Waals surface area contributed by atoms with Gasteiger partial charge in [-0.2, -0.15) is 0 Å². The number of carbonyl (C=O) groups is 1. The Bertz CT molecular complexity index is 639. The summed E-state index contributed by atoms with van der Waals surface area (Å²) >= 11 is 0. The summed E-state index contributed by atoms with van der Waals surface area (Å²) in [5.41, 5.74) is 3.47. The third kappa shape index (κ3) is 3.27. The Morgan fingerprint density at radius 2 is 2.10 bits per heavy atom. The van der Waals surface area contributed by atoms with Gasteiger partial charge >= 0.3 is 0 Å². The molecule has 0 radical (unpaired) electrons. The molecule has 1 aliphatic heterocycles. The Morgan fingerprint density at radius 3 is 2.86 bits per heavy atom.